The van der Waals surface area contributed by atoms with Gasteiger partial charge in [-0.3, -0.25) is 24.5 Å². The molecule has 3 rings (SSSR count). The number of nitrogens with one attached hydrogen (secondary N) is 2. The third kappa shape index (κ3) is 9.32. The molecule has 0 spiro atoms. The molecule has 206 valence electrons. The second-order valence-electron chi connectivity index (χ2n) is 9.03. The summed E-state index contributed by atoms with van der Waals surface area (Å²) in [7, 11) is 0. The number of carbonyl (C=O) groups is 4. The number of hydrogen-bond donors (Lipinski definition) is 6. The minimum Gasteiger partial charge on any atom is -0.481 e. The van der Waals surface area contributed by atoms with Crippen LogP contribution in [-0.2, 0) is 25.6 Å². The van der Waals surface area contributed by atoms with E-state index in [1.807, 2.05) is 42.5 Å². The summed E-state index contributed by atoms with van der Waals surface area (Å²) in [6, 6.07) is 17.6. The molecule has 0 aliphatic rings. The van der Waals surface area contributed by atoms with Crippen LogP contribution >= 0.6 is 11.3 Å². The fourth-order valence-electron chi connectivity index (χ4n) is 3.95. The Kier molecular flexibility index (Phi) is 10.7. The number of carboxylic acid groups (broad SMARTS) is 2. The van der Waals surface area contributed by atoms with Crippen molar-refractivity contribution in [2.75, 3.05) is 0 Å². The highest BCUT2D eigenvalue weighted by atomic mass is 32.1. The Labute approximate surface area is 229 Å². The van der Waals surface area contributed by atoms with Crippen LogP contribution in [0, 0.1) is 0 Å². The van der Waals surface area contributed by atoms with E-state index in [4.69, 9.17) is 15.9 Å². The van der Waals surface area contributed by atoms with Gasteiger partial charge in [0, 0.05) is 11.3 Å². The average molecular weight is 554 g/mol. The minimum atomic E-state index is -1.47. The topological polar surface area (TPSA) is 179 Å². The van der Waals surface area contributed by atoms with Crippen molar-refractivity contribution in [2.24, 2.45) is 5.73 Å². The van der Waals surface area contributed by atoms with Crippen LogP contribution in [0.2, 0.25) is 0 Å². The van der Waals surface area contributed by atoms with Crippen molar-refractivity contribution in [3.05, 3.63) is 71.6 Å². The molecule has 11 heteroatoms. The highest BCUT2D eigenvalue weighted by Crippen LogP contribution is 2.32. The lowest BCUT2D eigenvalue weighted by Gasteiger charge is -2.23. The van der Waals surface area contributed by atoms with E-state index in [0.717, 1.165) is 27.1 Å². The highest BCUT2D eigenvalue weighted by Gasteiger charge is 2.27. The number of amides is 2. The summed E-state index contributed by atoms with van der Waals surface area (Å²) in [4.78, 5) is 47.3. The predicted molar refractivity (Wildman–Crippen MR) is 147 cm³/mol. The van der Waals surface area contributed by atoms with E-state index in [1.165, 1.54) is 0 Å². The summed E-state index contributed by atoms with van der Waals surface area (Å²) in [6.45, 7) is 0. The van der Waals surface area contributed by atoms with E-state index in [0.29, 0.717) is 6.42 Å². The lowest BCUT2D eigenvalue weighted by atomic mass is 10.0. The first kappa shape index (κ1) is 29.5. The molecule has 2 aromatic carbocycles. The molecule has 0 saturated carbocycles. The van der Waals surface area contributed by atoms with E-state index in [2.05, 4.69) is 34.2 Å². The number of rotatable bonds is 15. The maximum atomic E-state index is 12.6. The van der Waals surface area contributed by atoms with Crippen LogP contribution in [0.5, 0.6) is 0 Å². The lowest BCUT2D eigenvalue weighted by Crippen LogP contribution is -2.54. The largest absolute Gasteiger partial charge is 0.481 e. The van der Waals surface area contributed by atoms with Crippen LogP contribution in [0.25, 0.3) is 21.6 Å². The van der Waals surface area contributed by atoms with Crippen LogP contribution < -0.4 is 16.4 Å². The average Bonchev–Trinajstić information content (AvgIpc) is 3.40. The summed E-state index contributed by atoms with van der Waals surface area (Å²) in [5, 5.41) is 35.5. The SMILES string of the molecule is NC(=O)[C@H](CC(=O)O)NC(=O)[C@H](CCC(=O)O)NC(O)CCc1ccc(-c2cc(-c3ccccc3)cs2)cc1. The number of hydrogen-bond acceptors (Lipinski definition) is 7. The van der Waals surface area contributed by atoms with E-state index in [9.17, 15) is 24.3 Å². The van der Waals surface area contributed by atoms with E-state index < -0.39 is 48.5 Å². The Bertz CT molecular complexity index is 1280. The summed E-state index contributed by atoms with van der Waals surface area (Å²) in [5.74, 6) is -4.35. The zero-order chi connectivity index (χ0) is 28.4. The second kappa shape index (κ2) is 14.2. The number of primary amides is 1. The van der Waals surface area contributed by atoms with Gasteiger partial charge < -0.3 is 26.4 Å². The minimum absolute atomic E-state index is 0.183. The van der Waals surface area contributed by atoms with Gasteiger partial charge in [-0.2, -0.15) is 0 Å². The van der Waals surface area contributed by atoms with Crippen LogP contribution in [0.1, 0.15) is 31.2 Å². The van der Waals surface area contributed by atoms with Gasteiger partial charge in [-0.05, 0) is 53.0 Å². The number of aliphatic hydroxyl groups excluding tert-OH is 1. The number of thiophene rings is 1. The van der Waals surface area contributed by atoms with Crippen LogP contribution in [-0.4, -0.2) is 57.4 Å². The molecule has 0 aliphatic carbocycles. The number of aliphatic carboxylic acids is 2. The van der Waals surface area contributed by atoms with Crippen molar-refractivity contribution < 1.29 is 34.5 Å². The molecule has 0 fully saturated rings. The molecule has 1 aromatic heterocycles. The molecular formula is C28H31N3O7S. The Balaban J connectivity index is 1.57. The van der Waals surface area contributed by atoms with Crippen LogP contribution in [0.4, 0.5) is 0 Å². The Morgan fingerprint density at radius 3 is 2.15 bits per heavy atom. The fourth-order valence-corrected chi connectivity index (χ4v) is 4.88. The van der Waals surface area contributed by atoms with Gasteiger partial charge >= 0.3 is 11.9 Å². The van der Waals surface area contributed by atoms with Gasteiger partial charge in [0.1, 0.15) is 12.3 Å². The molecule has 0 bridgehead atoms. The third-order valence-corrected chi connectivity index (χ3v) is 7.03. The van der Waals surface area contributed by atoms with Crippen molar-refractivity contribution in [1.29, 1.82) is 0 Å². The zero-order valence-electron chi connectivity index (χ0n) is 21.1. The molecule has 0 saturated heterocycles. The Morgan fingerprint density at radius 1 is 0.846 bits per heavy atom. The first-order chi connectivity index (χ1) is 18.6. The summed E-state index contributed by atoms with van der Waals surface area (Å²) < 4.78 is 0. The monoisotopic (exact) mass is 553 g/mol. The first-order valence-corrected chi connectivity index (χ1v) is 13.2. The number of aryl methyl sites for hydroxylation is 1. The molecule has 1 unspecified atom stereocenters. The smallest absolute Gasteiger partial charge is 0.305 e. The highest BCUT2D eigenvalue weighted by molar-refractivity contribution is 7.14. The van der Waals surface area contributed by atoms with Gasteiger partial charge in [0.25, 0.3) is 0 Å². The van der Waals surface area contributed by atoms with Crippen LogP contribution in [0.3, 0.4) is 0 Å². The molecule has 10 nitrogen and oxygen atoms in total. The fraction of sp³-hybridized carbons (Fsp3) is 0.286. The molecule has 2 amide bonds. The molecule has 39 heavy (non-hydrogen) atoms. The second-order valence-corrected chi connectivity index (χ2v) is 9.94. The van der Waals surface area contributed by atoms with Gasteiger partial charge in [0.15, 0.2) is 0 Å². The first-order valence-electron chi connectivity index (χ1n) is 12.3. The summed E-state index contributed by atoms with van der Waals surface area (Å²) in [5.41, 5.74) is 9.50. The van der Waals surface area contributed by atoms with Gasteiger partial charge in [0.05, 0.1) is 12.5 Å². The van der Waals surface area contributed by atoms with E-state index in [-0.39, 0.29) is 19.3 Å². The maximum Gasteiger partial charge on any atom is 0.305 e. The molecule has 1 heterocycles. The van der Waals surface area contributed by atoms with Crippen molar-refractivity contribution in [3.63, 3.8) is 0 Å². The number of nitrogens with two attached hydrogens (primary N) is 1. The molecule has 3 aromatic rings. The molecule has 0 aliphatic heterocycles. The van der Waals surface area contributed by atoms with Gasteiger partial charge in [-0.25, -0.2) is 0 Å². The summed E-state index contributed by atoms with van der Waals surface area (Å²) >= 11 is 1.66. The third-order valence-electron chi connectivity index (χ3n) is 6.05. The zero-order valence-corrected chi connectivity index (χ0v) is 21.9. The number of benzene rings is 2. The number of carbonyl (C=O) groups excluding carboxylic acids is 2. The van der Waals surface area contributed by atoms with Crippen LogP contribution in [0.15, 0.2) is 66.0 Å². The van der Waals surface area contributed by atoms with Gasteiger partial charge in [-0.15, -0.1) is 11.3 Å². The molecular weight excluding hydrogens is 522 g/mol. The summed E-state index contributed by atoms with van der Waals surface area (Å²) in [6.07, 6.45) is -1.74. The van der Waals surface area contributed by atoms with E-state index in [1.54, 1.807) is 11.3 Å². The quantitative estimate of drug-likeness (QED) is 0.155. The van der Waals surface area contributed by atoms with Gasteiger partial charge in [-0.1, -0.05) is 54.6 Å². The van der Waals surface area contributed by atoms with E-state index >= 15 is 0 Å². The predicted octanol–water partition coefficient (Wildman–Crippen LogP) is 2.60. The Hall–Kier alpha value is -4.06. The van der Waals surface area contributed by atoms with Gasteiger partial charge in [0.2, 0.25) is 11.8 Å². The number of carboxylic acids is 2. The Morgan fingerprint density at radius 2 is 1.54 bits per heavy atom. The van der Waals surface area contributed by atoms with Crippen molar-refractivity contribution >= 4 is 35.1 Å². The normalized spacial score (nSPS) is 13.3. The standard InChI is InChI=1S/C28H31N3O7S/c29-27(37)22(15-26(35)36)31-28(38)21(11-13-25(33)34)30-24(32)12-8-17-6-9-19(10-7-17)23-14-20(16-39-23)18-4-2-1-3-5-18/h1-7,9-10,14,16,21-22,24,30,32H,8,11-13,15H2,(H2,29,37)(H,31,38)(H,33,34)(H,35,36)/t21-,22-,24?/m0/s1. The number of aliphatic hydroxyl groups is 1. The lowest BCUT2D eigenvalue weighted by molar-refractivity contribution is -0.140. The molecule has 0 radical (unpaired) electrons. The molecule has 7 N–H and O–H groups in total. The van der Waals surface area contributed by atoms with Crippen molar-refractivity contribution in [3.8, 4) is 21.6 Å². The molecule has 3 atom stereocenters. The van der Waals surface area contributed by atoms with Crippen molar-refractivity contribution in [2.45, 2.75) is 50.4 Å². The van der Waals surface area contributed by atoms with Crippen molar-refractivity contribution in [1.82, 2.24) is 10.6 Å². The maximum absolute atomic E-state index is 12.6.